The maximum absolute atomic E-state index is 10.7. The van der Waals surface area contributed by atoms with Crippen LogP contribution in [-0.4, -0.2) is 6.16 Å². The van der Waals surface area contributed by atoms with Gasteiger partial charge in [0.25, 0.3) is 0 Å². The van der Waals surface area contributed by atoms with E-state index < -0.39 is 7.60 Å². The summed E-state index contributed by atoms with van der Waals surface area (Å²) in [7, 11) is -2.72. The lowest BCUT2D eigenvalue weighted by atomic mass is 10.6. The van der Waals surface area contributed by atoms with Crippen molar-refractivity contribution in [3.8, 4) is 0 Å². The average molecular weight is 138 g/mol. The number of hydrogen-bond acceptors (Lipinski definition) is 4. The Morgan fingerprint density at radius 3 is 2.25 bits per heavy atom. The van der Waals surface area contributed by atoms with Crippen LogP contribution in [0.1, 0.15) is 13.3 Å². The van der Waals surface area contributed by atoms with Crippen molar-refractivity contribution in [2.75, 3.05) is 6.16 Å². The molecule has 0 unspecified atom stereocenters. The zero-order valence-electron chi connectivity index (χ0n) is 4.49. The number of hydrogen-bond donors (Lipinski definition) is 0. The van der Waals surface area contributed by atoms with Crippen LogP contribution in [-0.2, 0) is 19.0 Å². The van der Waals surface area contributed by atoms with Gasteiger partial charge in [0, 0.05) is 0 Å². The molecule has 0 bridgehead atoms. The summed E-state index contributed by atoms with van der Waals surface area (Å²) < 4.78 is 19.1. The van der Waals surface area contributed by atoms with E-state index >= 15 is 0 Å². The lowest BCUT2D eigenvalue weighted by molar-refractivity contribution is -0.487. The van der Waals surface area contributed by atoms with Gasteiger partial charge < -0.3 is 0 Å². The average Bonchev–Trinajstić information content (AvgIpc) is 1.64. The van der Waals surface area contributed by atoms with Crippen molar-refractivity contribution >= 4 is 7.60 Å². The van der Waals surface area contributed by atoms with E-state index in [1.807, 2.05) is 6.92 Å². The first-order chi connectivity index (χ1) is 3.77. The van der Waals surface area contributed by atoms with Gasteiger partial charge in [-0.2, -0.15) is 0 Å². The van der Waals surface area contributed by atoms with Gasteiger partial charge in [-0.1, -0.05) is 12.0 Å². The van der Waals surface area contributed by atoms with Gasteiger partial charge in [0.2, 0.25) is 0 Å². The third kappa shape index (κ3) is 1.09. The molecule has 1 fully saturated rings. The molecule has 1 aliphatic rings. The van der Waals surface area contributed by atoms with Crippen LogP contribution in [0.2, 0.25) is 0 Å². The van der Waals surface area contributed by atoms with Crippen LogP contribution in [0, 0.1) is 0 Å². The molecule has 0 radical (unpaired) electrons. The summed E-state index contributed by atoms with van der Waals surface area (Å²) in [6.07, 6.45) is 1.22. The SMILES string of the molecule is CCCP1(=O)OOO1. The van der Waals surface area contributed by atoms with Crippen molar-refractivity contribution in [3.05, 3.63) is 0 Å². The van der Waals surface area contributed by atoms with Gasteiger partial charge in [-0.3, -0.25) is 4.57 Å². The predicted octanol–water partition coefficient (Wildman–Crippen LogP) is 1.48. The maximum atomic E-state index is 10.7. The highest BCUT2D eigenvalue weighted by Crippen LogP contribution is 2.56. The van der Waals surface area contributed by atoms with Crippen LogP contribution >= 0.6 is 7.60 Å². The minimum absolute atomic E-state index is 0.438. The first-order valence-corrected chi connectivity index (χ1v) is 4.13. The minimum Gasteiger partial charge on any atom is -0.255 e. The van der Waals surface area contributed by atoms with E-state index in [9.17, 15) is 4.57 Å². The lowest BCUT2D eigenvalue weighted by Gasteiger charge is -2.20. The van der Waals surface area contributed by atoms with Crippen LogP contribution < -0.4 is 0 Å². The molecule has 0 aromatic heterocycles. The monoisotopic (exact) mass is 138 g/mol. The Hall–Kier alpha value is 0.110. The van der Waals surface area contributed by atoms with Crippen LogP contribution in [0.15, 0.2) is 0 Å². The van der Waals surface area contributed by atoms with Crippen LogP contribution in [0.25, 0.3) is 0 Å². The van der Waals surface area contributed by atoms with Gasteiger partial charge in [0.1, 0.15) is 0 Å². The third-order valence-corrected chi connectivity index (χ3v) is 2.36. The van der Waals surface area contributed by atoms with Crippen molar-refractivity contribution in [3.63, 3.8) is 0 Å². The fourth-order valence-corrected chi connectivity index (χ4v) is 1.34. The number of rotatable bonds is 2. The molecule has 0 N–H and O–H groups in total. The lowest BCUT2D eigenvalue weighted by Crippen LogP contribution is -2.09. The van der Waals surface area contributed by atoms with Crippen molar-refractivity contribution in [2.45, 2.75) is 13.3 Å². The normalized spacial score (nSPS) is 24.6. The highest BCUT2D eigenvalue weighted by atomic mass is 31.2. The molecule has 0 amide bonds. The molecule has 1 heterocycles. The summed E-state index contributed by atoms with van der Waals surface area (Å²) >= 11 is 0. The molecule has 0 aromatic rings. The molecule has 8 heavy (non-hydrogen) atoms. The molecule has 48 valence electrons. The largest absolute Gasteiger partial charge is 0.390 e. The van der Waals surface area contributed by atoms with E-state index in [0.29, 0.717) is 6.16 Å². The topological polar surface area (TPSA) is 44.8 Å². The first-order valence-electron chi connectivity index (χ1n) is 2.40. The Bertz CT molecular complexity index is 114. The van der Waals surface area contributed by atoms with E-state index in [4.69, 9.17) is 0 Å². The molecular formula is C3H7O4P. The quantitative estimate of drug-likeness (QED) is 0.428. The smallest absolute Gasteiger partial charge is 0.255 e. The highest BCUT2D eigenvalue weighted by Gasteiger charge is 2.36. The van der Waals surface area contributed by atoms with Crippen molar-refractivity contribution in [1.29, 1.82) is 0 Å². The summed E-state index contributed by atoms with van der Waals surface area (Å²) in [5, 5.41) is 3.83. The molecule has 1 saturated heterocycles. The fraction of sp³-hybridized carbons (Fsp3) is 1.00. The van der Waals surface area contributed by atoms with E-state index in [1.54, 1.807) is 0 Å². The van der Waals surface area contributed by atoms with Crippen LogP contribution in [0.3, 0.4) is 0 Å². The van der Waals surface area contributed by atoms with Gasteiger partial charge in [-0.15, -0.1) is 9.35 Å². The summed E-state index contributed by atoms with van der Waals surface area (Å²) in [6.45, 7) is 1.89. The zero-order valence-corrected chi connectivity index (χ0v) is 5.39. The summed E-state index contributed by atoms with van der Waals surface area (Å²) in [5.74, 6) is 0. The second-order valence-electron chi connectivity index (χ2n) is 1.55. The van der Waals surface area contributed by atoms with E-state index in [-0.39, 0.29) is 0 Å². The molecule has 1 aliphatic heterocycles. The summed E-state index contributed by atoms with van der Waals surface area (Å²) in [6, 6.07) is 0. The Balaban J connectivity index is 2.31. The predicted molar refractivity (Wildman–Crippen MR) is 26.0 cm³/mol. The molecule has 0 atom stereocenters. The first kappa shape index (κ1) is 6.23. The molecule has 1 rings (SSSR count). The van der Waals surface area contributed by atoms with Crippen molar-refractivity contribution in [1.82, 2.24) is 0 Å². The molecule has 0 spiro atoms. The third-order valence-electron chi connectivity index (χ3n) is 0.785. The Labute approximate surface area is 47.1 Å². The van der Waals surface area contributed by atoms with E-state index in [2.05, 4.69) is 14.4 Å². The Morgan fingerprint density at radius 2 is 2.12 bits per heavy atom. The molecule has 5 heteroatoms. The fourth-order valence-electron chi connectivity index (χ4n) is 0.447. The van der Waals surface area contributed by atoms with Gasteiger partial charge in [0.05, 0.1) is 6.16 Å². The molecule has 4 nitrogen and oxygen atoms in total. The zero-order chi connectivity index (χ0) is 6.04. The molecule has 0 aliphatic carbocycles. The molecule has 0 saturated carbocycles. The van der Waals surface area contributed by atoms with Crippen molar-refractivity contribution < 1.29 is 19.0 Å². The van der Waals surface area contributed by atoms with Crippen LogP contribution in [0.4, 0.5) is 0 Å². The highest BCUT2D eigenvalue weighted by molar-refractivity contribution is 7.54. The Kier molecular flexibility index (Phi) is 1.68. The van der Waals surface area contributed by atoms with E-state index in [1.165, 1.54) is 0 Å². The Morgan fingerprint density at radius 1 is 1.50 bits per heavy atom. The van der Waals surface area contributed by atoms with Gasteiger partial charge in [-0.25, -0.2) is 0 Å². The van der Waals surface area contributed by atoms with Gasteiger partial charge >= 0.3 is 7.60 Å². The molecular weight excluding hydrogens is 131 g/mol. The molecule has 0 aromatic carbocycles. The summed E-state index contributed by atoms with van der Waals surface area (Å²) in [5.41, 5.74) is 0. The standard InChI is InChI=1S/C3H7O4P/c1-2-3-8(4)6-5-7-8/h2-3H2,1H3. The van der Waals surface area contributed by atoms with Gasteiger partial charge in [0.15, 0.2) is 0 Å². The van der Waals surface area contributed by atoms with E-state index in [0.717, 1.165) is 6.42 Å². The second kappa shape index (κ2) is 2.15. The van der Waals surface area contributed by atoms with Crippen LogP contribution in [0.5, 0.6) is 0 Å². The minimum atomic E-state index is -2.72. The van der Waals surface area contributed by atoms with Gasteiger partial charge in [-0.05, 0) is 6.42 Å². The second-order valence-corrected chi connectivity index (χ2v) is 3.52. The summed E-state index contributed by atoms with van der Waals surface area (Å²) in [4.78, 5) is 0. The maximum Gasteiger partial charge on any atom is 0.390 e. The van der Waals surface area contributed by atoms with Crippen molar-refractivity contribution in [2.24, 2.45) is 0 Å².